The molecule has 1 aromatic heterocycles. The van der Waals surface area contributed by atoms with Crippen molar-refractivity contribution < 1.29 is 8.81 Å². The summed E-state index contributed by atoms with van der Waals surface area (Å²) in [5.41, 5.74) is 1.43. The average molecular weight is 221 g/mol. The summed E-state index contributed by atoms with van der Waals surface area (Å²) in [7, 11) is 0. The minimum absolute atomic E-state index is 0.290. The van der Waals surface area contributed by atoms with E-state index >= 15 is 0 Å². The Morgan fingerprint density at radius 3 is 2.81 bits per heavy atom. The van der Waals surface area contributed by atoms with Crippen molar-refractivity contribution in [2.24, 2.45) is 0 Å². The first kappa shape index (κ1) is 10.6. The summed E-state index contributed by atoms with van der Waals surface area (Å²) in [5, 5.41) is 10.4. The zero-order valence-electron chi connectivity index (χ0n) is 9.12. The number of halogens is 1. The first-order valence-corrected chi connectivity index (χ1v) is 4.94. The number of hydrogen-bond acceptors (Lipinski definition) is 4. The fourth-order valence-corrected chi connectivity index (χ4v) is 1.35. The van der Waals surface area contributed by atoms with Crippen molar-refractivity contribution in [3.05, 3.63) is 41.4 Å². The van der Waals surface area contributed by atoms with Gasteiger partial charge in [-0.3, -0.25) is 0 Å². The summed E-state index contributed by atoms with van der Waals surface area (Å²) >= 11 is 0. The quantitative estimate of drug-likeness (QED) is 0.864. The van der Waals surface area contributed by atoms with E-state index in [-0.39, 0.29) is 5.82 Å². The highest BCUT2D eigenvalue weighted by Gasteiger charge is 2.05. The van der Waals surface area contributed by atoms with Gasteiger partial charge in [-0.2, -0.15) is 0 Å². The lowest BCUT2D eigenvalue weighted by atomic mass is 10.2. The summed E-state index contributed by atoms with van der Waals surface area (Å²) in [6, 6.07) is 4.88. The Morgan fingerprint density at radius 1 is 1.31 bits per heavy atom. The number of benzene rings is 1. The van der Waals surface area contributed by atoms with Gasteiger partial charge >= 0.3 is 0 Å². The molecule has 0 unspecified atom stereocenters. The molecule has 0 saturated carbocycles. The van der Waals surface area contributed by atoms with Crippen molar-refractivity contribution in [1.82, 2.24) is 10.2 Å². The maximum absolute atomic E-state index is 13.3. The lowest BCUT2D eigenvalue weighted by Crippen LogP contribution is -2.02. The number of nitrogens with zero attached hydrogens (tertiary/aromatic N) is 2. The van der Waals surface area contributed by atoms with Crippen LogP contribution in [0, 0.1) is 19.7 Å². The number of aromatic nitrogens is 2. The molecule has 2 aromatic rings. The van der Waals surface area contributed by atoms with Crippen molar-refractivity contribution >= 4 is 5.69 Å². The molecule has 0 bridgehead atoms. The summed E-state index contributed by atoms with van der Waals surface area (Å²) in [4.78, 5) is 0. The minimum Gasteiger partial charge on any atom is -0.424 e. The molecule has 2 rings (SSSR count). The van der Waals surface area contributed by atoms with Gasteiger partial charge in [-0.1, -0.05) is 6.07 Å². The molecule has 0 aliphatic heterocycles. The van der Waals surface area contributed by atoms with Gasteiger partial charge in [-0.05, 0) is 24.6 Å². The predicted octanol–water partition coefficient (Wildman–Crippen LogP) is 2.44. The Morgan fingerprint density at radius 2 is 2.12 bits per heavy atom. The first-order chi connectivity index (χ1) is 7.65. The highest BCUT2D eigenvalue weighted by atomic mass is 19.1. The topological polar surface area (TPSA) is 51.0 Å². The minimum atomic E-state index is -0.290. The molecule has 0 radical (unpaired) electrons. The molecule has 0 aliphatic carbocycles. The molecule has 5 heteroatoms. The van der Waals surface area contributed by atoms with Crippen LogP contribution < -0.4 is 5.32 Å². The normalized spacial score (nSPS) is 10.4. The van der Waals surface area contributed by atoms with Crippen LogP contribution in [0.25, 0.3) is 0 Å². The largest absolute Gasteiger partial charge is 0.424 e. The molecular formula is C11H12FN3O. The van der Waals surface area contributed by atoms with Crippen LogP contribution in [-0.4, -0.2) is 10.2 Å². The molecular weight excluding hydrogens is 209 g/mol. The second-order valence-electron chi connectivity index (χ2n) is 3.55. The van der Waals surface area contributed by atoms with Gasteiger partial charge in [0.1, 0.15) is 5.82 Å². The van der Waals surface area contributed by atoms with E-state index in [2.05, 4.69) is 15.5 Å². The highest BCUT2D eigenvalue weighted by molar-refractivity contribution is 5.46. The molecule has 1 heterocycles. The molecule has 1 aromatic carbocycles. The van der Waals surface area contributed by atoms with Crippen molar-refractivity contribution in [2.75, 3.05) is 5.32 Å². The maximum atomic E-state index is 13.3. The number of hydrogen-bond donors (Lipinski definition) is 1. The standard InChI is InChI=1S/C11H12FN3O/c1-7-3-4-9(12)10(5-7)13-6-11-15-14-8(2)16-11/h3-5,13H,6H2,1-2H3. The summed E-state index contributed by atoms with van der Waals surface area (Å²) < 4.78 is 18.5. The van der Waals surface area contributed by atoms with Crippen molar-refractivity contribution in [3.8, 4) is 0 Å². The zero-order chi connectivity index (χ0) is 11.5. The third-order valence-corrected chi connectivity index (χ3v) is 2.12. The Labute approximate surface area is 92.5 Å². The summed E-state index contributed by atoms with van der Waals surface area (Å²) in [6.45, 7) is 3.94. The molecule has 0 fully saturated rings. The van der Waals surface area contributed by atoms with E-state index in [9.17, 15) is 4.39 Å². The second kappa shape index (κ2) is 4.30. The van der Waals surface area contributed by atoms with Gasteiger partial charge in [0.15, 0.2) is 0 Å². The molecule has 0 aliphatic rings. The number of rotatable bonds is 3. The van der Waals surface area contributed by atoms with Crippen molar-refractivity contribution in [3.63, 3.8) is 0 Å². The van der Waals surface area contributed by atoms with Gasteiger partial charge in [0.2, 0.25) is 11.8 Å². The van der Waals surface area contributed by atoms with Crippen LogP contribution in [0.15, 0.2) is 22.6 Å². The van der Waals surface area contributed by atoms with Crippen LogP contribution in [0.5, 0.6) is 0 Å². The lowest BCUT2D eigenvalue weighted by molar-refractivity contribution is 0.474. The molecule has 0 amide bonds. The van der Waals surface area contributed by atoms with Crippen molar-refractivity contribution in [2.45, 2.75) is 20.4 Å². The summed E-state index contributed by atoms with van der Waals surface area (Å²) in [5.74, 6) is 0.654. The molecule has 16 heavy (non-hydrogen) atoms. The maximum Gasteiger partial charge on any atom is 0.235 e. The third kappa shape index (κ3) is 2.36. The highest BCUT2D eigenvalue weighted by Crippen LogP contribution is 2.16. The fourth-order valence-electron chi connectivity index (χ4n) is 1.35. The average Bonchev–Trinajstić information content (AvgIpc) is 2.66. The lowest BCUT2D eigenvalue weighted by Gasteiger charge is -2.05. The van der Waals surface area contributed by atoms with Gasteiger partial charge in [0.25, 0.3) is 0 Å². The molecule has 84 valence electrons. The Bertz CT molecular complexity index is 496. The van der Waals surface area contributed by atoms with Crippen LogP contribution >= 0.6 is 0 Å². The molecule has 4 nitrogen and oxygen atoms in total. The van der Waals surface area contributed by atoms with Gasteiger partial charge in [-0.15, -0.1) is 10.2 Å². The van der Waals surface area contributed by atoms with E-state index in [1.165, 1.54) is 6.07 Å². The predicted molar refractivity (Wildman–Crippen MR) is 57.5 cm³/mol. The second-order valence-corrected chi connectivity index (χ2v) is 3.55. The van der Waals surface area contributed by atoms with E-state index in [0.717, 1.165) is 5.56 Å². The van der Waals surface area contributed by atoms with Gasteiger partial charge < -0.3 is 9.73 Å². The molecule has 0 spiro atoms. The van der Waals surface area contributed by atoms with Gasteiger partial charge in [0.05, 0.1) is 12.2 Å². The van der Waals surface area contributed by atoms with E-state index in [1.807, 2.05) is 6.92 Å². The SMILES string of the molecule is Cc1ccc(F)c(NCc2nnc(C)o2)c1. The smallest absolute Gasteiger partial charge is 0.235 e. The van der Waals surface area contributed by atoms with Gasteiger partial charge in [-0.25, -0.2) is 4.39 Å². The number of aryl methyl sites for hydroxylation is 2. The molecule has 1 N–H and O–H groups in total. The Balaban J connectivity index is 2.07. The first-order valence-electron chi connectivity index (χ1n) is 4.94. The van der Waals surface area contributed by atoms with Crippen LogP contribution in [0.4, 0.5) is 10.1 Å². The van der Waals surface area contributed by atoms with E-state index in [1.54, 1.807) is 19.1 Å². The third-order valence-electron chi connectivity index (χ3n) is 2.12. The van der Waals surface area contributed by atoms with E-state index in [4.69, 9.17) is 4.42 Å². The van der Waals surface area contributed by atoms with Crippen molar-refractivity contribution in [1.29, 1.82) is 0 Å². The summed E-state index contributed by atoms with van der Waals surface area (Å²) in [6.07, 6.45) is 0. The molecule has 0 atom stereocenters. The monoisotopic (exact) mass is 221 g/mol. The molecule has 0 saturated heterocycles. The Hall–Kier alpha value is -1.91. The van der Waals surface area contributed by atoms with Crippen LogP contribution in [0.3, 0.4) is 0 Å². The zero-order valence-corrected chi connectivity index (χ0v) is 9.12. The van der Waals surface area contributed by atoms with E-state index < -0.39 is 0 Å². The Kier molecular flexibility index (Phi) is 2.85. The van der Waals surface area contributed by atoms with E-state index in [0.29, 0.717) is 24.0 Å². The number of anilines is 1. The van der Waals surface area contributed by atoms with Crippen LogP contribution in [0.2, 0.25) is 0 Å². The fraction of sp³-hybridized carbons (Fsp3) is 0.273. The number of nitrogens with one attached hydrogen (secondary N) is 1. The van der Waals surface area contributed by atoms with Crippen LogP contribution in [-0.2, 0) is 6.54 Å². The van der Waals surface area contributed by atoms with Crippen LogP contribution in [0.1, 0.15) is 17.3 Å². The van der Waals surface area contributed by atoms with Gasteiger partial charge in [0, 0.05) is 6.92 Å².